The first-order valence-electron chi connectivity index (χ1n) is 11.0. The van der Waals surface area contributed by atoms with Crippen LogP contribution in [0.4, 0.5) is 5.69 Å². The SMILES string of the molecule is CCN(CC)CCCCCCCCNc1cccc(C2CCC(=O)NC2=O)c1. The Kier molecular flexibility index (Phi) is 10.0. The number of carbonyl (C=O) groups is 2. The number of piperidine rings is 1. The molecule has 2 rings (SSSR count). The van der Waals surface area contributed by atoms with Gasteiger partial charge in [-0.2, -0.15) is 0 Å². The van der Waals surface area contributed by atoms with Gasteiger partial charge in [-0.15, -0.1) is 0 Å². The molecule has 1 aromatic carbocycles. The summed E-state index contributed by atoms with van der Waals surface area (Å²) >= 11 is 0. The number of carbonyl (C=O) groups excluding carboxylic acids is 2. The van der Waals surface area contributed by atoms with E-state index >= 15 is 0 Å². The number of hydrogen-bond donors (Lipinski definition) is 2. The molecule has 1 atom stereocenters. The fraction of sp³-hybridized carbons (Fsp3) is 0.652. The summed E-state index contributed by atoms with van der Waals surface area (Å²) in [6.07, 6.45) is 8.71. The molecule has 0 bridgehead atoms. The summed E-state index contributed by atoms with van der Waals surface area (Å²) in [5, 5.41) is 5.91. The van der Waals surface area contributed by atoms with Crippen molar-refractivity contribution in [3.63, 3.8) is 0 Å². The summed E-state index contributed by atoms with van der Waals surface area (Å²) in [5.41, 5.74) is 2.05. The third kappa shape index (κ3) is 7.63. The van der Waals surface area contributed by atoms with Crippen LogP contribution >= 0.6 is 0 Å². The second-order valence-corrected chi connectivity index (χ2v) is 7.70. The smallest absolute Gasteiger partial charge is 0.234 e. The van der Waals surface area contributed by atoms with Crippen molar-refractivity contribution in [1.82, 2.24) is 10.2 Å². The van der Waals surface area contributed by atoms with Crippen LogP contribution in [0.15, 0.2) is 24.3 Å². The Hall–Kier alpha value is -1.88. The highest BCUT2D eigenvalue weighted by molar-refractivity contribution is 6.01. The molecule has 28 heavy (non-hydrogen) atoms. The van der Waals surface area contributed by atoms with E-state index in [0.717, 1.165) is 30.9 Å². The highest BCUT2D eigenvalue weighted by atomic mass is 16.2. The predicted octanol–water partition coefficient (Wildman–Crippen LogP) is 4.30. The van der Waals surface area contributed by atoms with E-state index in [4.69, 9.17) is 0 Å². The van der Waals surface area contributed by atoms with E-state index in [9.17, 15) is 9.59 Å². The molecule has 1 unspecified atom stereocenters. The number of unbranched alkanes of at least 4 members (excludes halogenated alkanes) is 5. The third-order valence-corrected chi connectivity index (χ3v) is 5.65. The maximum atomic E-state index is 12.0. The molecule has 0 aliphatic carbocycles. The highest BCUT2D eigenvalue weighted by Gasteiger charge is 2.27. The first-order valence-corrected chi connectivity index (χ1v) is 11.0. The zero-order valence-electron chi connectivity index (χ0n) is 17.6. The minimum absolute atomic E-state index is 0.163. The Bertz CT molecular complexity index is 614. The van der Waals surface area contributed by atoms with Gasteiger partial charge in [0.1, 0.15) is 0 Å². The van der Waals surface area contributed by atoms with Gasteiger partial charge in [0.2, 0.25) is 11.8 Å². The number of benzene rings is 1. The lowest BCUT2D eigenvalue weighted by atomic mass is 9.90. The Morgan fingerprint density at radius 1 is 1.04 bits per heavy atom. The minimum Gasteiger partial charge on any atom is -0.385 e. The van der Waals surface area contributed by atoms with Crippen molar-refractivity contribution in [3.8, 4) is 0 Å². The average molecular weight is 388 g/mol. The lowest BCUT2D eigenvalue weighted by Crippen LogP contribution is -2.39. The Labute approximate surface area is 170 Å². The van der Waals surface area contributed by atoms with Gasteiger partial charge in [0.05, 0.1) is 5.92 Å². The van der Waals surface area contributed by atoms with Crippen LogP contribution < -0.4 is 10.6 Å². The summed E-state index contributed by atoms with van der Waals surface area (Å²) in [7, 11) is 0. The molecule has 5 nitrogen and oxygen atoms in total. The molecular weight excluding hydrogens is 350 g/mol. The summed E-state index contributed by atoms with van der Waals surface area (Å²) in [5.74, 6) is -0.547. The van der Waals surface area contributed by atoms with Gasteiger partial charge in [0, 0.05) is 18.7 Å². The van der Waals surface area contributed by atoms with Crippen LogP contribution in [-0.4, -0.2) is 42.9 Å². The third-order valence-electron chi connectivity index (χ3n) is 5.65. The van der Waals surface area contributed by atoms with Crippen LogP contribution in [0.25, 0.3) is 0 Å². The zero-order chi connectivity index (χ0) is 20.2. The summed E-state index contributed by atoms with van der Waals surface area (Å²) in [4.78, 5) is 25.8. The molecule has 0 saturated carbocycles. The van der Waals surface area contributed by atoms with E-state index in [1.165, 1.54) is 45.1 Å². The number of amides is 2. The number of imide groups is 1. The largest absolute Gasteiger partial charge is 0.385 e. The van der Waals surface area contributed by atoms with Gasteiger partial charge in [0.25, 0.3) is 0 Å². The lowest BCUT2D eigenvalue weighted by molar-refractivity contribution is -0.134. The molecule has 1 aliphatic rings. The number of anilines is 1. The van der Waals surface area contributed by atoms with E-state index in [0.29, 0.717) is 12.8 Å². The first kappa shape index (κ1) is 22.4. The van der Waals surface area contributed by atoms with E-state index < -0.39 is 0 Å². The van der Waals surface area contributed by atoms with Gasteiger partial charge in [-0.05, 0) is 56.6 Å². The second kappa shape index (κ2) is 12.6. The zero-order valence-corrected chi connectivity index (χ0v) is 17.6. The van der Waals surface area contributed by atoms with Crippen molar-refractivity contribution in [2.45, 2.75) is 71.1 Å². The fourth-order valence-corrected chi connectivity index (χ4v) is 3.82. The van der Waals surface area contributed by atoms with E-state index in [1.54, 1.807) is 0 Å². The van der Waals surface area contributed by atoms with Crippen LogP contribution in [0.1, 0.15) is 76.7 Å². The van der Waals surface area contributed by atoms with E-state index in [-0.39, 0.29) is 17.7 Å². The van der Waals surface area contributed by atoms with Gasteiger partial charge in [-0.1, -0.05) is 51.7 Å². The van der Waals surface area contributed by atoms with Gasteiger partial charge in [-0.25, -0.2) is 0 Å². The van der Waals surface area contributed by atoms with Crippen molar-refractivity contribution in [3.05, 3.63) is 29.8 Å². The molecule has 1 fully saturated rings. The van der Waals surface area contributed by atoms with Crippen molar-refractivity contribution < 1.29 is 9.59 Å². The number of nitrogens with one attached hydrogen (secondary N) is 2. The second-order valence-electron chi connectivity index (χ2n) is 7.70. The van der Waals surface area contributed by atoms with Gasteiger partial charge in [0.15, 0.2) is 0 Å². The first-order chi connectivity index (χ1) is 13.6. The summed E-state index contributed by atoms with van der Waals surface area (Å²) < 4.78 is 0. The minimum atomic E-state index is -0.212. The Morgan fingerprint density at radius 2 is 1.75 bits per heavy atom. The van der Waals surface area contributed by atoms with E-state index in [1.807, 2.05) is 24.3 Å². The molecule has 1 aliphatic heterocycles. The molecule has 0 radical (unpaired) electrons. The summed E-state index contributed by atoms with van der Waals surface area (Å²) in [6, 6.07) is 8.05. The molecule has 0 spiro atoms. The predicted molar refractivity (Wildman–Crippen MR) is 116 cm³/mol. The lowest BCUT2D eigenvalue weighted by Gasteiger charge is -2.21. The van der Waals surface area contributed by atoms with Crippen LogP contribution in [-0.2, 0) is 9.59 Å². The fourth-order valence-electron chi connectivity index (χ4n) is 3.82. The quantitative estimate of drug-likeness (QED) is 0.391. The van der Waals surface area contributed by atoms with Crippen molar-refractivity contribution in [1.29, 1.82) is 0 Å². The summed E-state index contributed by atoms with van der Waals surface area (Å²) in [6.45, 7) is 8.98. The Morgan fingerprint density at radius 3 is 2.46 bits per heavy atom. The molecule has 1 saturated heterocycles. The molecular formula is C23H37N3O2. The van der Waals surface area contributed by atoms with Crippen LogP contribution in [0.2, 0.25) is 0 Å². The van der Waals surface area contributed by atoms with Crippen LogP contribution in [0.5, 0.6) is 0 Å². The van der Waals surface area contributed by atoms with Crippen LogP contribution in [0, 0.1) is 0 Å². The molecule has 0 aromatic heterocycles. The van der Waals surface area contributed by atoms with Crippen LogP contribution in [0.3, 0.4) is 0 Å². The molecule has 2 N–H and O–H groups in total. The van der Waals surface area contributed by atoms with Gasteiger partial charge in [-0.3, -0.25) is 14.9 Å². The average Bonchev–Trinajstić information content (AvgIpc) is 2.70. The number of nitrogens with zero attached hydrogens (tertiary/aromatic N) is 1. The maximum absolute atomic E-state index is 12.0. The topological polar surface area (TPSA) is 61.4 Å². The van der Waals surface area contributed by atoms with Gasteiger partial charge < -0.3 is 10.2 Å². The molecule has 5 heteroatoms. The maximum Gasteiger partial charge on any atom is 0.234 e. The molecule has 156 valence electrons. The Balaban J connectivity index is 1.60. The normalized spacial score (nSPS) is 17.0. The monoisotopic (exact) mass is 387 g/mol. The van der Waals surface area contributed by atoms with Crippen molar-refractivity contribution in [2.75, 3.05) is 31.5 Å². The molecule has 1 heterocycles. The molecule has 2 amide bonds. The molecule has 1 aromatic rings. The van der Waals surface area contributed by atoms with Crippen molar-refractivity contribution in [2.24, 2.45) is 0 Å². The number of rotatable bonds is 13. The van der Waals surface area contributed by atoms with E-state index in [2.05, 4.69) is 29.4 Å². The highest BCUT2D eigenvalue weighted by Crippen LogP contribution is 2.26. The van der Waals surface area contributed by atoms with Crippen molar-refractivity contribution >= 4 is 17.5 Å². The number of hydrogen-bond acceptors (Lipinski definition) is 4. The van der Waals surface area contributed by atoms with Gasteiger partial charge >= 0.3 is 0 Å². The standard InChI is InChI=1S/C23H37N3O2/c1-3-26(4-2)17-10-8-6-5-7-9-16-24-20-13-11-12-19(18-20)21-14-15-22(27)25-23(21)28/h11-13,18,21,24H,3-10,14-17H2,1-2H3,(H,25,27,28).